The van der Waals surface area contributed by atoms with Crippen LogP contribution >= 0.6 is 0 Å². The maximum absolute atomic E-state index is 5.36. The largest absolute Gasteiger partial charge is 0.228 e. The molecule has 0 fully saturated rings. The molecule has 0 atom stereocenters. The molecule has 2 nitrogen and oxygen atoms in total. The van der Waals surface area contributed by atoms with Gasteiger partial charge in [0.1, 0.15) is 0 Å². The Balaban J connectivity index is 1.07. The van der Waals surface area contributed by atoms with Gasteiger partial charge in [-0.2, -0.15) is 0 Å². The van der Waals surface area contributed by atoms with Crippen molar-refractivity contribution in [2.75, 3.05) is 0 Å². The molecule has 0 bridgehead atoms. The first-order chi connectivity index (χ1) is 29.0. The first-order valence-electron chi connectivity index (χ1n) is 20.4. The van der Waals surface area contributed by atoms with Crippen molar-refractivity contribution in [1.29, 1.82) is 0 Å². The third kappa shape index (κ3) is 5.87. The van der Waals surface area contributed by atoms with E-state index in [1.54, 1.807) is 0 Å². The molecule has 0 saturated carbocycles. The summed E-state index contributed by atoms with van der Waals surface area (Å²) in [7, 11) is 0. The van der Waals surface area contributed by atoms with Crippen molar-refractivity contribution in [2.24, 2.45) is 0 Å². The van der Waals surface area contributed by atoms with Crippen LogP contribution in [-0.4, -0.2) is 9.97 Å². The molecular weight excluding hydrogens is 713 g/mol. The van der Waals surface area contributed by atoms with E-state index in [1.165, 1.54) is 55.1 Å². The molecule has 0 radical (unpaired) electrons. The predicted octanol–water partition coefficient (Wildman–Crippen LogP) is 15.1. The Hall–Kier alpha value is -7.42. The zero-order valence-electron chi connectivity index (χ0n) is 33.0. The molecule has 0 spiro atoms. The fraction of sp³-hybridized carbons (Fsp3) is 0.0526. The fourth-order valence-corrected chi connectivity index (χ4v) is 9.32. The van der Waals surface area contributed by atoms with E-state index in [9.17, 15) is 0 Å². The van der Waals surface area contributed by atoms with Crippen LogP contribution in [0, 0.1) is 0 Å². The first kappa shape index (κ1) is 34.8. The molecule has 1 aliphatic rings. The summed E-state index contributed by atoms with van der Waals surface area (Å²) < 4.78 is 0. The number of hydrogen-bond donors (Lipinski definition) is 0. The summed E-state index contributed by atoms with van der Waals surface area (Å²) in [5, 5.41) is 4.96. The van der Waals surface area contributed by atoms with Crippen LogP contribution < -0.4 is 0 Å². The van der Waals surface area contributed by atoms with E-state index in [0.29, 0.717) is 5.82 Å². The van der Waals surface area contributed by atoms with Gasteiger partial charge in [-0.25, -0.2) is 9.97 Å². The summed E-state index contributed by atoms with van der Waals surface area (Å²) in [5.74, 6) is 0.695. The quantitative estimate of drug-likeness (QED) is 0.169. The Morgan fingerprint density at radius 1 is 0.322 bits per heavy atom. The normalized spacial score (nSPS) is 12.7. The van der Waals surface area contributed by atoms with Crippen LogP contribution in [0.4, 0.5) is 0 Å². The third-order valence-corrected chi connectivity index (χ3v) is 12.3. The van der Waals surface area contributed by atoms with Crippen LogP contribution in [0.2, 0.25) is 0 Å². The lowest BCUT2D eigenvalue weighted by molar-refractivity contribution is 0.661. The second kappa shape index (κ2) is 13.9. The SMILES string of the molecule is CC1(C)c2cc(-c3ccc(-c4cc(-c5ccccc5-c5ccccc5)nc(-c5ccc(-c6ccccc6)cc5)n4)c4ccccc34)ccc2-c2c1ccc1ccccc21. The van der Waals surface area contributed by atoms with Crippen LogP contribution in [0.1, 0.15) is 25.0 Å². The van der Waals surface area contributed by atoms with Gasteiger partial charge in [0.15, 0.2) is 5.82 Å². The molecule has 11 rings (SSSR count). The van der Waals surface area contributed by atoms with E-state index in [4.69, 9.17) is 9.97 Å². The highest BCUT2D eigenvalue weighted by Gasteiger charge is 2.36. The van der Waals surface area contributed by atoms with Gasteiger partial charge < -0.3 is 0 Å². The summed E-state index contributed by atoms with van der Waals surface area (Å²) in [6, 6.07) is 74.2. The van der Waals surface area contributed by atoms with Gasteiger partial charge in [0, 0.05) is 22.1 Å². The average Bonchev–Trinajstić information content (AvgIpc) is 3.54. The number of benzene rings is 9. The highest BCUT2D eigenvalue weighted by molar-refractivity contribution is 6.07. The van der Waals surface area contributed by atoms with Gasteiger partial charge in [-0.05, 0) is 89.3 Å². The summed E-state index contributed by atoms with van der Waals surface area (Å²) in [4.78, 5) is 10.7. The van der Waals surface area contributed by atoms with Crippen LogP contribution in [0.3, 0.4) is 0 Å². The Morgan fingerprint density at radius 2 is 0.847 bits per heavy atom. The van der Waals surface area contributed by atoms with Gasteiger partial charge in [-0.3, -0.25) is 0 Å². The van der Waals surface area contributed by atoms with Crippen LogP contribution in [0.25, 0.3) is 100.0 Å². The van der Waals surface area contributed by atoms with E-state index in [0.717, 1.165) is 50.2 Å². The minimum absolute atomic E-state index is 0.121. The average molecular weight is 753 g/mol. The van der Waals surface area contributed by atoms with Crippen molar-refractivity contribution in [2.45, 2.75) is 19.3 Å². The van der Waals surface area contributed by atoms with Gasteiger partial charge in [-0.1, -0.05) is 208 Å². The van der Waals surface area contributed by atoms with E-state index in [1.807, 2.05) is 0 Å². The molecule has 0 amide bonds. The first-order valence-corrected chi connectivity index (χ1v) is 20.4. The minimum Gasteiger partial charge on any atom is -0.228 e. The fourth-order valence-electron chi connectivity index (χ4n) is 9.32. The number of hydrogen-bond acceptors (Lipinski definition) is 2. The third-order valence-electron chi connectivity index (χ3n) is 12.3. The van der Waals surface area contributed by atoms with E-state index < -0.39 is 0 Å². The van der Waals surface area contributed by atoms with E-state index in [2.05, 4.69) is 220 Å². The van der Waals surface area contributed by atoms with Crippen molar-refractivity contribution in [3.05, 3.63) is 217 Å². The molecule has 1 aromatic heterocycles. The number of rotatable bonds is 6. The Morgan fingerprint density at radius 3 is 1.59 bits per heavy atom. The minimum atomic E-state index is -0.121. The summed E-state index contributed by atoms with van der Waals surface area (Å²) in [5.41, 5.74) is 17.3. The Bertz CT molecular complexity index is 3220. The molecule has 0 aliphatic heterocycles. The van der Waals surface area contributed by atoms with Gasteiger partial charge >= 0.3 is 0 Å². The van der Waals surface area contributed by atoms with Gasteiger partial charge in [-0.15, -0.1) is 0 Å². The van der Waals surface area contributed by atoms with Gasteiger partial charge in [0.25, 0.3) is 0 Å². The van der Waals surface area contributed by atoms with Crippen molar-refractivity contribution in [3.8, 4) is 78.4 Å². The molecular formula is C57H40N2. The van der Waals surface area contributed by atoms with Gasteiger partial charge in [0.2, 0.25) is 0 Å². The highest BCUT2D eigenvalue weighted by atomic mass is 14.9. The molecule has 0 unspecified atom stereocenters. The maximum atomic E-state index is 5.36. The lowest BCUT2D eigenvalue weighted by atomic mass is 9.81. The molecule has 0 N–H and O–H groups in total. The summed E-state index contributed by atoms with van der Waals surface area (Å²) >= 11 is 0. The lowest BCUT2D eigenvalue weighted by Crippen LogP contribution is -2.15. The Labute approximate surface area is 345 Å². The number of fused-ring (bicyclic) bond motifs is 6. The maximum Gasteiger partial charge on any atom is 0.160 e. The Kier molecular flexibility index (Phi) is 8.20. The molecule has 1 heterocycles. The molecule has 10 aromatic rings. The second-order valence-corrected chi connectivity index (χ2v) is 16.1. The monoisotopic (exact) mass is 752 g/mol. The highest BCUT2D eigenvalue weighted by Crippen LogP contribution is 2.52. The van der Waals surface area contributed by atoms with Crippen LogP contribution in [0.5, 0.6) is 0 Å². The van der Waals surface area contributed by atoms with Crippen LogP contribution in [0.15, 0.2) is 206 Å². The lowest BCUT2D eigenvalue weighted by Gasteiger charge is -2.22. The second-order valence-electron chi connectivity index (χ2n) is 16.1. The summed E-state index contributed by atoms with van der Waals surface area (Å²) in [6.07, 6.45) is 0. The van der Waals surface area contributed by atoms with Crippen LogP contribution in [-0.2, 0) is 5.41 Å². The van der Waals surface area contributed by atoms with Crippen molar-refractivity contribution in [1.82, 2.24) is 9.97 Å². The topological polar surface area (TPSA) is 25.8 Å². The van der Waals surface area contributed by atoms with Crippen molar-refractivity contribution >= 4 is 21.5 Å². The zero-order valence-corrected chi connectivity index (χ0v) is 33.0. The molecule has 2 heteroatoms. The molecule has 0 saturated heterocycles. The van der Waals surface area contributed by atoms with Crippen molar-refractivity contribution < 1.29 is 0 Å². The summed E-state index contributed by atoms with van der Waals surface area (Å²) in [6.45, 7) is 4.74. The predicted molar refractivity (Wildman–Crippen MR) is 247 cm³/mol. The van der Waals surface area contributed by atoms with E-state index in [-0.39, 0.29) is 5.41 Å². The smallest absolute Gasteiger partial charge is 0.160 e. The zero-order chi connectivity index (χ0) is 39.5. The molecule has 278 valence electrons. The number of aromatic nitrogens is 2. The van der Waals surface area contributed by atoms with Crippen molar-refractivity contribution in [3.63, 3.8) is 0 Å². The molecule has 9 aromatic carbocycles. The van der Waals surface area contributed by atoms with Gasteiger partial charge in [0.05, 0.1) is 11.4 Å². The molecule has 1 aliphatic carbocycles. The standard InChI is InChI=1S/C57H40N2/c1-57(2)51-34-30-40-19-9-10-21-45(40)55(51)50-31-29-42(35-52(50)57)44-32-33-49(47-23-13-12-22-46(44)47)54-36-53(48-24-14-11-20-43(48)39-17-7-4-8-18-39)58-56(59-54)41-27-25-38(26-28-41)37-15-5-3-6-16-37/h3-36H,1-2H3. The molecule has 59 heavy (non-hydrogen) atoms. The van der Waals surface area contributed by atoms with E-state index >= 15 is 0 Å². The number of nitrogens with zero attached hydrogens (tertiary/aromatic N) is 2.